The van der Waals surface area contributed by atoms with E-state index in [0.717, 1.165) is 38.2 Å². The number of nitrogens with zero attached hydrogens (tertiary/aromatic N) is 3. The first-order valence-electron chi connectivity index (χ1n) is 6.82. The predicted octanol–water partition coefficient (Wildman–Crippen LogP) is 2.42. The lowest BCUT2D eigenvalue weighted by Crippen LogP contribution is -2.33. The predicted molar refractivity (Wildman–Crippen MR) is 67.7 cm³/mol. The van der Waals surface area contributed by atoms with Crippen molar-refractivity contribution in [2.45, 2.75) is 37.5 Å². The molecule has 1 aliphatic carbocycles. The molecule has 5 heteroatoms. The first kappa shape index (κ1) is 11.3. The molecule has 1 unspecified atom stereocenters. The summed E-state index contributed by atoms with van der Waals surface area (Å²) in [6.07, 6.45) is 4.98. The quantitative estimate of drug-likeness (QED) is 0.731. The van der Waals surface area contributed by atoms with E-state index in [9.17, 15) is 4.39 Å². The van der Waals surface area contributed by atoms with Crippen LogP contribution in [0.1, 0.15) is 43.4 Å². The summed E-state index contributed by atoms with van der Waals surface area (Å²) >= 11 is 0. The number of aromatic nitrogens is 3. The summed E-state index contributed by atoms with van der Waals surface area (Å²) in [5.41, 5.74) is 3.08. The van der Waals surface area contributed by atoms with Gasteiger partial charge in [-0.1, -0.05) is 6.92 Å². The summed E-state index contributed by atoms with van der Waals surface area (Å²) < 4.78 is 20.7. The van der Waals surface area contributed by atoms with Crippen molar-refractivity contribution in [2.24, 2.45) is 0 Å². The van der Waals surface area contributed by atoms with Gasteiger partial charge in [0.2, 0.25) is 5.95 Å². The average molecular weight is 261 g/mol. The molecule has 2 aliphatic rings. The molecule has 1 fully saturated rings. The molecule has 0 N–H and O–H groups in total. The molecule has 4 rings (SSSR count). The topological polar surface area (TPSA) is 39.4 Å². The van der Waals surface area contributed by atoms with Gasteiger partial charge in [-0.2, -0.15) is 4.39 Å². The zero-order chi connectivity index (χ0) is 13.0. The molecule has 0 amide bonds. The van der Waals surface area contributed by atoms with E-state index in [0.29, 0.717) is 11.6 Å². The van der Waals surface area contributed by atoms with E-state index in [1.807, 2.05) is 6.20 Å². The van der Waals surface area contributed by atoms with E-state index in [2.05, 4.69) is 17.0 Å². The molecule has 0 radical (unpaired) electrons. The van der Waals surface area contributed by atoms with Crippen LogP contribution in [0.15, 0.2) is 12.3 Å². The van der Waals surface area contributed by atoms with Crippen molar-refractivity contribution in [1.29, 1.82) is 0 Å². The van der Waals surface area contributed by atoms with Crippen LogP contribution in [-0.2, 0) is 10.2 Å². The van der Waals surface area contributed by atoms with Crippen molar-refractivity contribution >= 4 is 5.65 Å². The highest BCUT2D eigenvalue weighted by Gasteiger charge is 2.45. The maximum Gasteiger partial charge on any atom is 0.235 e. The van der Waals surface area contributed by atoms with E-state index < -0.39 is 5.95 Å². The average Bonchev–Trinajstić information content (AvgIpc) is 2.89. The van der Waals surface area contributed by atoms with Gasteiger partial charge in [0.1, 0.15) is 0 Å². The molecule has 0 saturated carbocycles. The van der Waals surface area contributed by atoms with Gasteiger partial charge in [0.25, 0.3) is 0 Å². The van der Waals surface area contributed by atoms with Crippen LogP contribution in [-0.4, -0.2) is 27.8 Å². The number of rotatable bonds is 0. The molecule has 100 valence electrons. The van der Waals surface area contributed by atoms with Gasteiger partial charge < -0.3 is 4.74 Å². The lowest BCUT2D eigenvalue weighted by atomic mass is 9.77. The Labute approximate surface area is 110 Å². The second kappa shape index (κ2) is 3.76. The number of ether oxygens (including phenoxy) is 1. The highest BCUT2D eigenvalue weighted by molar-refractivity contribution is 5.46. The van der Waals surface area contributed by atoms with Crippen LogP contribution in [0.2, 0.25) is 0 Å². The fourth-order valence-corrected chi connectivity index (χ4v) is 3.81. The number of hydrogen-bond acceptors (Lipinski definition) is 3. The Balaban J connectivity index is 2.00. The maximum atomic E-state index is 13.4. The zero-order valence-corrected chi connectivity index (χ0v) is 10.9. The van der Waals surface area contributed by atoms with Crippen molar-refractivity contribution in [3.63, 3.8) is 0 Å². The van der Waals surface area contributed by atoms with Crippen LogP contribution in [0.3, 0.4) is 0 Å². The summed E-state index contributed by atoms with van der Waals surface area (Å²) in [6, 6.07) is 1.40. The third-order valence-electron chi connectivity index (χ3n) is 4.66. The van der Waals surface area contributed by atoms with Gasteiger partial charge in [-0.3, -0.25) is 0 Å². The SMILES string of the molecule is CC1CC2(CCOCC2)c2c1cnc1cc(F)nn21. The molecule has 3 heterocycles. The van der Waals surface area contributed by atoms with Crippen molar-refractivity contribution in [1.82, 2.24) is 14.6 Å². The number of halogens is 1. The Morgan fingerprint density at radius 1 is 1.42 bits per heavy atom. The molecule has 4 nitrogen and oxygen atoms in total. The molecule has 1 aliphatic heterocycles. The fraction of sp³-hybridized carbons (Fsp3) is 0.571. The van der Waals surface area contributed by atoms with E-state index >= 15 is 0 Å². The van der Waals surface area contributed by atoms with Gasteiger partial charge in [0.15, 0.2) is 5.65 Å². The normalized spacial score (nSPS) is 25.1. The lowest BCUT2D eigenvalue weighted by Gasteiger charge is -2.34. The Hall–Kier alpha value is -1.49. The van der Waals surface area contributed by atoms with Gasteiger partial charge >= 0.3 is 0 Å². The van der Waals surface area contributed by atoms with Crippen molar-refractivity contribution < 1.29 is 9.13 Å². The standard InChI is InChI=1S/C14H16FN3O/c1-9-7-14(2-4-19-5-3-14)13-10(9)8-16-12-6-11(15)17-18(12)13/h6,8-9H,2-5,7H2,1H3. The Kier molecular flexibility index (Phi) is 2.24. The zero-order valence-electron chi connectivity index (χ0n) is 10.9. The molecular formula is C14H16FN3O. The van der Waals surface area contributed by atoms with E-state index in [-0.39, 0.29) is 5.41 Å². The smallest absolute Gasteiger partial charge is 0.235 e. The van der Waals surface area contributed by atoms with Crippen molar-refractivity contribution in [3.8, 4) is 0 Å². The van der Waals surface area contributed by atoms with Crippen LogP contribution >= 0.6 is 0 Å². The third kappa shape index (κ3) is 1.48. The first-order valence-corrected chi connectivity index (χ1v) is 6.82. The van der Waals surface area contributed by atoms with Crippen molar-refractivity contribution in [2.75, 3.05) is 13.2 Å². The molecule has 1 atom stereocenters. The lowest BCUT2D eigenvalue weighted by molar-refractivity contribution is 0.0472. The van der Waals surface area contributed by atoms with Crippen LogP contribution in [0.4, 0.5) is 4.39 Å². The van der Waals surface area contributed by atoms with Gasteiger partial charge in [-0.15, -0.1) is 5.10 Å². The molecule has 2 aromatic rings. The summed E-state index contributed by atoms with van der Waals surface area (Å²) in [7, 11) is 0. The molecule has 0 aromatic carbocycles. The first-order chi connectivity index (χ1) is 9.20. The summed E-state index contributed by atoms with van der Waals surface area (Å²) in [6.45, 7) is 3.77. The minimum Gasteiger partial charge on any atom is -0.381 e. The number of fused-ring (bicyclic) bond motifs is 4. The van der Waals surface area contributed by atoms with Crippen LogP contribution < -0.4 is 0 Å². The van der Waals surface area contributed by atoms with E-state index in [1.54, 1.807) is 4.52 Å². The Bertz CT molecular complexity index is 645. The minimum absolute atomic E-state index is 0.0899. The molecular weight excluding hydrogens is 245 g/mol. The van der Waals surface area contributed by atoms with Crippen LogP contribution in [0.5, 0.6) is 0 Å². The van der Waals surface area contributed by atoms with E-state index in [1.165, 1.54) is 11.6 Å². The second-order valence-corrected chi connectivity index (χ2v) is 5.80. The fourth-order valence-electron chi connectivity index (χ4n) is 3.81. The second-order valence-electron chi connectivity index (χ2n) is 5.80. The van der Waals surface area contributed by atoms with E-state index in [4.69, 9.17) is 4.74 Å². The third-order valence-corrected chi connectivity index (χ3v) is 4.66. The van der Waals surface area contributed by atoms with Gasteiger partial charge in [-0.25, -0.2) is 9.50 Å². The monoisotopic (exact) mass is 261 g/mol. The number of hydrogen-bond donors (Lipinski definition) is 0. The van der Waals surface area contributed by atoms with Crippen LogP contribution in [0, 0.1) is 5.95 Å². The minimum atomic E-state index is -0.456. The molecule has 1 spiro atoms. The largest absolute Gasteiger partial charge is 0.381 e. The highest BCUT2D eigenvalue weighted by atomic mass is 19.1. The molecule has 1 saturated heterocycles. The Morgan fingerprint density at radius 2 is 2.21 bits per heavy atom. The molecule has 19 heavy (non-hydrogen) atoms. The van der Waals surface area contributed by atoms with Crippen LogP contribution in [0.25, 0.3) is 5.65 Å². The van der Waals surface area contributed by atoms with Gasteiger partial charge in [-0.05, 0) is 30.7 Å². The van der Waals surface area contributed by atoms with Gasteiger partial charge in [0, 0.05) is 30.9 Å². The molecule has 2 aromatic heterocycles. The summed E-state index contributed by atoms with van der Waals surface area (Å²) in [5.74, 6) is -0.0000706. The van der Waals surface area contributed by atoms with Gasteiger partial charge in [0.05, 0.1) is 5.69 Å². The highest BCUT2D eigenvalue weighted by Crippen LogP contribution is 2.50. The Morgan fingerprint density at radius 3 is 3.00 bits per heavy atom. The van der Waals surface area contributed by atoms with Crippen molar-refractivity contribution in [3.05, 3.63) is 29.5 Å². The summed E-state index contributed by atoms with van der Waals surface area (Å²) in [5, 5.41) is 4.02. The summed E-state index contributed by atoms with van der Waals surface area (Å²) in [4.78, 5) is 4.33. The maximum absolute atomic E-state index is 13.4. The molecule has 0 bridgehead atoms.